The maximum Gasteiger partial charge on any atom is 0.310 e. The van der Waals surface area contributed by atoms with Crippen molar-refractivity contribution in [3.05, 3.63) is 39.6 Å². The third kappa shape index (κ3) is 3.26. The number of H-pyrrole nitrogens is 1. The molecule has 0 saturated carbocycles. The van der Waals surface area contributed by atoms with E-state index in [2.05, 4.69) is 21.8 Å². The van der Waals surface area contributed by atoms with Crippen LogP contribution in [-0.2, 0) is 11.3 Å². The summed E-state index contributed by atoms with van der Waals surface area (Å²) < 4.78 is 1.12. The number of amides is 1. The lowest BCUT2D eigenvalue weighted by Gasteiger charge is -2.42. The fourth-order valence-corrected chi connectivity index (χ4v) is 4.54. The first-order valence-corrected chi connectivity index (χ1v) is 10.1. The molecule has 1 aliphatic heterocycles. The molecule has 9 heteroatoms. The summed E-state index contributed by atoms with van der Waals surface area (Å²) in [6, 6.07) is 4.15. The molecule has 3 aromatic heterocycles. The molecule has 1 fully saturated rings. The van der Waals surface area contributed by atoms with Gasteiger partial charge >= 0.3 is 4.87 Å². The molecular weight excluding hydrogens is 378 g/mol. The van der Waals surface area contributed by atoms with Gasteiger partial charge in [0.1, 0.15) is 12.2 Å². The number of pyridine rings is 1. The zero-order valence-corrected chi connectivity index (χ0v) is 16.6. The number of anilines is 1. The third-order valence-corrected chi connectivity index (χ3v) is 6.39. The molecule has 1 saturated heterocycles. The Hall–Kier alpha value is -2.81. The summed E-state index contributed by atoms with van der Waals surface area (Å²) in [6.45, 7) is 3.30. The van der Waals surface area contributed by atoms with E-state index >= 15 is 0 Å². The van der Waals surface area contributed by atoms with Crippen molar-refractivity contribution in [3.63, 3.8) is 0 Å². The largest absolute Gasteiger partial charge is 0.494 e. The van der Waals surface area contributed by atoms with E-state index in [1.807, 2.05) is 25.4 Å². The topological polar surface area (TPSA) is 94.5 Å². The Balaban J connectivity index is 1.54. The number of likely N-dealkylation sites (N-methyl/N-ethyl adjacent to an activating group) is 1. The highest BCUT2D eigenvalue weighted by Gasteiger charge is 2.32. The highest BCUT2D eigenvalue weighted by molar-refractivity contribution is 7.07. The van der Waals surface area contributed by atoms with Gasteiger partial charge in [-0.05, 0) is 24.5 Å². The Labute approximate surface area is 166 Å². The quantitative estimate of drug-likeness (QED) is 0.696. The van der Waals surface area contributed by atoms with E-state index in [0.717, 1.165) is 39.0 Å². The van der Waals surface area contributed by atoms with Gasteiger partial charge in [0.25, 0.3) is 0 Å². The highest BCUT2D eigenvalue weighted by atomic mass is 32.1. The van der Waals surface area contributed by atoms with E-state index in [1.54, 1.807) is 11.1 Å². The van der Waals surface area contributed by atoms with Crippen molar-refractivity contribution in [2.24, 2.45) is 5.92 Å². The second-order valence-electron chi connectivity index (χ2n) is 7.30. The van der Waals surface area contributed by atoms with Gasteiger partial charge in [0.05, 0.1) is 5.38 Å². The summed E-state index contributed by atoms with van der Waals surface area (Å²) in [5.74, 6) is 0.102. The zero-order chi connectivity index (χ0) is 19.8. The van der Waals surface area contributed by atoms with Crippen LogP contribution >= 0.6 is 11.3 Å². The number of fused-ring (bicyclic) bond motifs is 1. The molecule has 0 aromatic carbocycles. The Bertz CT molecular complexity index is 1060. The summed E-state index contributed by atoms with van der Waals surface area (Å²) in [5.41, 5.74) is 1.91. The molecule has 2 N–H and O–H groups in total. The number of aromatic amines is 1. The van der Waals surface area contributed by atoms with Crippen molar-refractivity contribution in [2.75, 3.05) is 25.0 Å². The summed E-state index contributed by atoms with van der Waals surface area (Å²) in [5, 5.41) is 12.2. The minimum atomic E-state index is -0.323. The van der Waals surface area contributed by atoms with Crippen molar-refractivity contribution in [2.45, 2.75) is 25.9 Å². The summed E-state index contributed by atoms with van der Waals surface area (Å²) in [7, 11) is 2.05. The van der Waals surface area contributed by atoms with E-state index in [0.29, 0.717) is 19.0 Å². The summed E-state index contributed by atoms with van der Waals surface area (Å²) >= 11 is 0.894. The average molecular weight is 401 g/mol. The van der Waals surface area contributed by atoms with E-state index in [9.17, 15) is 14.7 Å². The van der Waals surface area contributed by atoms with E-state index < -0.39 is 0 Å². The predicted octanol–water partition coefficient (Wildman–Crippen LogP) is 1.87. The fourth-order valence-electron chi connectivity index (χ4n) is 3.92. The molecule has 1 aliphatic rings. The van der Waals surface area contributed by atoms with Gasteiger partial charge in [-0.3, -0.25) is 14.2 Å². The number of likely N-dealkylation sites (tertiary alicyclic amines) is 1. The Morgan fingerprint density at radius 3 is 3.04 bits per heavy atom. The Morgan fingerprint density at radius 1 is 1.46 bits per heavy atom. The van der Waals surface area contributed by atoms with Gasteiger partial charge < -0.3 is 19.9 Å². The minimum Gasteiger partial charge on any atom is -0.494 e. The van der Waals surface area contributed by atoms with E-state index in [1.165, 1.54) is 5.38 Å². The average Bonchev–Trinajstić information content (AvgIpc) is 3.29. The number of aromatic nitrogens is 3. The molecule has 1 unspecified atom stereocenters. The minimum absolute atomic E-state index is 0.129. The molecule has 1 amide bonds. The van der Waals surface area contributed by atoms with Gasteiger partial charge in [-0.2, -0.15) is 0 Å². The first-order chi connectivity index (χ1) is 13.5. The predicted molar refractivity (Wildman–Crippen MR) is 109 cm³/mol. The number of carbonyl (C=O) groups is 1. The van der Waals surface area contributed by atoms with Crippen LogP contribution in [0.4, 0.5) is 5.69 Å². The number of piperidine rings is 1. The first-order valence-electron chi connectivity index (χ1n) is 9.25. The standard InChI is InChI=1S/C19H23N5O3S/c1-12-5-8-23(16(25)10-24-17(26)11-28-19(24)27)9-15(12)22(2)14-4-7-21-18-13(14)3-6-20-18/h3-4,6-7,11-12,15,26H,5,8-10H2,1-2H3,(H,20,21)/t12-,15?/m1/s1. The Kier molecular flexibility index (Phi) is 4.84. The number of hydrogen-bond donors (Lipinski definition) is 2. The second kappa shape index (κ2) is 7.31. The van der Waals surface area contributed by atoms with Crippen LogP contribution < -0.4 is 9.77 Å². The van der Waals surface area contributed by atoms with Gasteiger partial charge in [0.15, 0.2) is 0 Å². The number of aromatic hydroxyl groups is 1. The number of hydrogen-bond acceptors (Lipinski definition) is 6. The van der Waals surface area contributed by atoms with Gasteiger partial charge in [0, 0.05) is 49.6 Å². The van der Waals surface area contributed by atoms with Crippen LogP contribution in [-0.4, -0.2) is 56.6 Å². The SMILES string of the molecule is C[C@@H]1CCN(C(=O)Cn2c(O)csc2=O)CC1N(C)c1ccnc2[nH]ccc12. The molecule has 148 valence electrons. The van der Waals surface area contributed by atoms with E-state index in [-0.39, 0.29) is 29.2 Å². The maximum absolute atomic E-state index is 12.8. The zero-order valence-electron chi connectivity index (χ0n) is 15.8. The van der Waals surface area contributed by atoms with Crippen LogP contribution in [0, 0.1) is 5.92 Å². The van der Waals surface area contributed by atoms with Crippen LogP contribution in [0.15, 0.2) is 34.7 Å². The van der Waals surface area contributed by atoms with Crippen molar-refractivity contribution >= 4 is 34.0 Å². The normalized spacial score (nSPS) is 19.9. The lowest BCUT2D eigenvalue weighted by molar-refractivity contribution is -0.133. The van der Waals surface area contributed by atoms with Crippen molar-refractivity contribution in [1.29, 1.82) is 0 Å². The van der Waals surface area contributed by atoms with Crippen LogP contribution in [0.1, 0.15) is 13.3 Å². The number of carbonyl (C=O) groups excluding carboxylic acids is 1. The molecule has 4 rings (SSSR count). The van der Waals surface area contributed by atoms with Gasteiger partial charge in [-0.1, -0.05) is 18.3 Å². The highest BCUT2D eigenvalue weighted by Crippen LogP contribution is 2.30. The number of rotatable bonds is 4. The van der Waals surface area contributed by atoms with Gasteiger partial charge in [-0.15, -0.1) is 0 Å². The van der Waals surface area contributed by atoms with Gasteiger partial charge in [-0.25, -0.2) is 4.98 Å². The number of nitrogens with zero attached hydrogens (tertiary/aromatic N) is 4. The maximum atomic E-state index is 12.8. The van der Waals surface area contributed by atoms with Crippen LogP contribution in [0.2, 0.25) is 0 Å². The number of nitrogens with one attached hydrogen (secondary N) is 1. The smallest absolute Gasteiger partial charge is 0.310 e. The second-order valence-corrected chi connectivity index (χ2v) is 8.12. The molecule has 8 nitrogen and oxygen atoms in total. The fraction of sp³-hybridized carbons (Fsp3) is 0.421. The van der Waals surface area contributed by atoms with E-state index in [4.69, 9.17) is 0 Å². The molecule has 0 radical (unpaired) electrons. The molecule has 4 heterocycles. The molecule has 28 heavy (non-hydrogen) atoms. The third-order valence-electron chi connectivity index (χ3n) is 5.64. The monoisotopic (exact) mass is 401 g/mol. The van der Waals surface area contributed by atoms with Crippen LogP contribution in [0.3, 0.4) is 0 Å². The molecule has 2 atom stereocenters. The van der Waals surface area contributed by atoms with Crippen molar-refractivity contribution in [3.8, 4) is 5.88 Å². The lowest BCUT2D eigenvalue weighted by Crippen LogP contribution is -2.53. The first kappa shape index (κ1) is 18.5. The Morgan fingerprint density at radius 2 is 2.29 bits per heavy atom. The van der Waals surface area contributed by atoms with Crippen molar-refractivity contribution < 1.29 is 9.90 Å². The van der Waals surface area contributed by atoms with Crippen LogP contribution in [0.25, 0.3) is 11.0 Å². The molecule has 0 aliphatic carbocycles. The summed E-state index contributed by atoms with van der Waals surface area (Å²) in [6.07, 6.45) is 4.54. The summed E-state index contributed by atoms with van der Waals surface area (Å²) in [4.78, 5) is 35.7. The number of thiazole rings is 1. The van der Waals surface area contributed by atoms with Crippen molar-refractivity contribution in [1.82, 2.24) is 19.4 Å². The molecule has 0 bridgehead atoms. The van der Waals surface area contributed by atoms with Gasteiger partial charge in [0.2, 0.25) is 11.8 Å². The molecule has 3 aromatic rings. The molecule has 0 spiro atoms. The van der Waals surface area contributed by atoms with Crippen LogP contribution in [0.5, 0.6) is 5.88 Å². The lowest BCUT2D eigenvalue weighted by atomic mass is 9.91. The molecular formula is C19H23N5O3S.